The molecule has 1 aliphatic carbocycles. The highest BCUT2D eigenvalue weighted by Crippen LogP contribution is 2.44. The molecule has 11 nitrogen and oxygen atoms in total. The minimum Gasteiger partial charge on any atom is -0.493 e. The van der Waals surface area contributed by atoms with Crippen molar-refractivity contribution in [2.24, 2.45) is 21.6 Å². The van der Waals surface area contributed by atoms with E-state index in [-0.39, 0.29) is 23.9 Å². The molecule has 1 saturated carbocycles. The second-order valence-electron chi connectivity index (χ2n) is 13.0. The van der Waals surface area contributed by atoms with Gasteiger partial charge >= 0.3 is 0 Å². The fourth-order valence-electron chi connectivity index (χ4n) is 6.56. The number of aliphatic imine (C=N–C) groups is 2. The average Bonchev–Trinajstić information content (AvgIpc) is 3.78. The number of carbonyl (C=O) groups is 2. The van der Waals surface area contributed by atoms with Crippen LogP contribution in [0.4, 0.5) is 11.4 Å². The van der Waals surface area contributed by atoms with E-state index >= 15 is 0 Å². The van der Waals surface area contributed by atoms with Gasteiger partial charge in [-0.2, -0.15) is 0 Å². The third-order valence-electron chi connectivity index (χ3n) is 9.46. The summed E-state index contributed by atoms with van der Waals surface area (Å²) in [5.41, 5.74) is 12.0. The van der Waals surface area contributed by atoms with E-state index in [4.69, 9.17) is 24.7 Å². The fraction of sp³-hybridized carbons (Fsp3) is 0.368. The van der Waals surface area contributed by atoms with Crippen LogP contribution >= 0.6 is 0 Å². The largest absolute Gasteiger partial charge is 0.493 e. The van der Waals surface area contributed by atoms with Gasteiger partial charge < -0.3 is 34.5 Å². The van der Waals surface area contributed by atoms with Crippen LogP contribution in [0.1, 0.15) is 66.7 Å². The number of ether oxygens (including phenoxy) is 4. The number of benzene rings is 2. The molecule has 254 valence electrons. The topological polar surface area (TPSA) is 128 Å². The molecule has 11 heteroatoms. The predicted molar refractivity (Wildman–Crippen MR) is 188 cm³/mol. The van der Waals surface area contributed by atoms with E-state index in [0.29, 0.717) is 77.5 Å². The van der Waals surface area contributed by atoms with Gasteiger partial charge in [-0.3, -0.25) is 19.6 Å². The number of allylic oxidation sites excluding steroid dienone is 4. The molecule has 4 heterocycles. The molecule has 0 unspecified atom stereocenters. The Hall–Kier alpha value is -5.32. The van der Waals surface area contributed by atoms with Gasteiger partial charge in [-0.1, -0.05) is 6.08 Å². The van der Waals surface area contributed by atoms with Crippen molar-refractivity contribution in [2.75, 3.05) is 27.4 Å². The summed E-state index contributed by atoms with van der Waals surface area (Å²) in [6.07, 6.45) is 15.9. The molecule has 2 amide bonds. The zero-order valence-electron chi connectivity index (χ0n) is 28.3. The summed E-state index contributed by atoms with van der Waals surface area (Å²) in [7, 11) is 3.10. The second-order valence-corrected chi connectivity index (χ2v) is 13.0. The van der Waals surface area contributed by atoms with Crippen LogP contribution in [0.15, 0.2) is 81.2 Å². The Morgan fingerprint density at radius 1 is 0.796 bits per heavy atom. The minimum absolute atomic E-state index is 0.0563. The summed E-state index contributed by atoms with van der Waals surface area (Å²) in [5.74, 6) is 2.30. The summed E-state index contributed by atoms with van der Waals surface area (Å²) < 4.78 is 23.4. The number of methoxy groups -OCH3 is 2. The molecule has 0 radical (unpaired) electrons. The Bertz CT molecular complexity index is 1880. The molecule has 49 heavy (non-hydrogen) atoms. The summed E-state index contributed by atoms with van der Waals surface area (Å²) in [5, 5.41) is 0. The first-order valence-corrected chi connectivity index (χ1v) is 16.7. The number of nitrogens with two attached hydrogens (primary N) is 1. The van der Waals surface area contributed by atoms with E-state index in [1.807, 2.05) is 50.8 Å². The van der Waals surface area contributed by atoms with E-state index in [2.05, 4.69) is 9.98 Å². The van der Waals surface area contributed by atoms with Crippen molar-refractivity contribution < 1.29 is 28.5 Å². The van der Waals surface area contributed by atoms with Crippen molar-refractivity contribution in [3.63, 3.8) is 0 Å². The maximum atomic E-state index is 13.6. The summed E-state index contributed by atoms with van der Waals surface area (Å²) >= 11 is 0. The molecular weight excluding hydrogens is 622 g/mol. The SMILES string of the molecule is COc1cc2c(cc1OCCCOc1cc3c(cc1OC)C(=O)N1C=C(C4CC4)C[C@H]1C=N3)N=C[C@@H]1CC(/C(C)=C/C=C(\C)N)=CN1C2=O. The first-order chi connectivity index (χ1) is 23.7. The van der Waals surface area contributed by atoms with Crippen LogP contribution in [0.3, 0.4) is 0 Å². The molecule has 2 atom stereocenters. The van der Waals surface area contributed by atoms with Crippen LogP contribution in [-0.4, -0.2) is 73.6 Å². The molecule has 1 fully saturated rings. The smallest absolute Gasteiger partial charge is 0.260 e. The lowest BCUT2D eigenvalue weighted by Crippen LogP contribution is -2.32. The van der Waals surface area contributed by atoms with E-state index in [1.165, 1.54) is 18.4 Å². The number of hydrogen-bond donors (Lipinski definition) is 1. The van der Waals surface area contributed by atoms with Gasteiger partial charge in [0, 0.05) is 55.5 Å². The Labute approximate surface area is 286 Å². The number of nitrogens with zero attached hydrogens (tertiary/aromatic N) is 4. The first-order valence-electron chi connectivity index (χ1n) is 16.7. The third-order valence-corrected chi connectivity index (χ3v) is 9.46. The molecule has 0 bridgehead atoms. The molecule has 2 aromatic carbocycles. The van der Waals surface area contributed by atoms with Gasteiger partial charge in [0.25, 0.3) is 11.8 Å². The van der Waals surface area contributed by atoms with Crippen molar-refractivity contribution in [1.29, 1.82) is 0 Å². The quantitative estimate of drug-likeness (QED) is 0.218. The summed E-state index contributed by atoms with van der Waals surface area (Å²) in [4.78, 5) is 40.0. The van der Waals surface area contributed by atoms with E-state index < -0.39 is 0 Å². The number of rotatable bonds is 11. The van der Waals surface area contributed by atoms with Crippen molar-refractivity contribution in [3.8, 4) is 23.0 Å². The van der Waals surface area contributed by atoms with Gasteiger partial charge in [-0.25, -0.2) is 0 Å². The molecule has 0 spiro atoms. The number of carbonyl (C=O) groups excluding carboxylic acids is 2. The lowest BCUT2D eigenvalue weighted by atomic mass is 10.0. The highest BCUT2D eigenvalue weighted by Gasteiger charge is 2.38. The van der Waals surface area contributed by atoms with Gasteiger partial charge in [-0.15, -0.1) is 0 Å². The van der Waals surface area contributed by atoms with Gasteiger partial charge in [0.15, 0.2) is 23.0 Å². The second kappa shape index (κ2) is 13.3. The van der Waals surface area contributed by atoms with Crippen LogP contribution in [-0.2, 0) is 0 Å². The number of amides is 2. The monoisotopic (exact) mass is 663 g/mol. The van der Waals surface area contributed by atoms with Crippen molar-refractivity contribution in [1.82, 2.24) is 9.80 Å². The normalized spacial score (nSPS) is 21.3. The Balaban J connectivity index is 0.992. The van der Waals surface area contributed by atoms with Crippen LogP contribution in [0.25, 0.3) is 0 Å². The Morgan fingerprint density at radius 2 is 1.35 bits per heavy atom. The van der Waals surface area contributed by atoms with Gasteiger partial charge in [0.1, 0.15) is 0 Å². The third kappa shape index (κ3) is 6.45. The highest BCUT2D eigenvalue weighted by atomic mass is 16.5. The number of hydrogen-bond acceptors (Lipinski definition) is 9. The predicted octanol–water partition coefficient (Wildman–Crippen LogP) is 6.40. The van der Waals surface area contributed by atoms with Crippen LogP contribution < -0.4 is 24.7 Å². The Kier molecular flexibility index (Phi) is 8.75. The van der Waals surface area contributed by atoms with Crippen LogP contribution in [0.2, 0.25) is 0 Å². The molecule has 0 aromatic heterocycles. The van der Waals surface area contributed by atoms with Gasteiger partial charge in [0.2, 0.25) is 0 Å². The summed E-state index contributed by atoms with van der Waals surface area (Å²) in [6.45, 7) is 4.51. The molecule has 5 aliphatic rings. The zero-order valence-corrected chi connectivity index (χ0v) is 28.3. The maximum absolute atomic E-state index is 13.6. The minimum atomic E-state index is -0.184. The maximum Gasteiger partial charge on any atom is 0.260 e. The highest BCUT2D eigenvalue weighted by molar-refractivity contribution is 6.05. The van der Waals surface area contributed by atoms with E-state index in [1.54, 1.807) is 48.3 Å². The summed E-state index contributed by atoms with van der Waals surface area (Å²) in [6, 6.07) is 6.67. The molecule has 7 rings (SSSR count). The van der Waals surface area contributed by atoms with Crippen molar-refractivity contribution >= 4 is 35.6 Å². The van der Waals surface area contributed by atoms with Crippen LogP contribution in [0, 0.1) is 5.92 Å². The lowest BCUT2D eigenvalue weighted by molar-refractivity contribution is 0.0809. The molecule has 4 aliphatic heterocycles. The molecule has 2 aromatic rings. The van der Waals surface area contributed by atoms with Crippen LogP contribution in [0.5, 0.6) is 23.0 Å². The first kappa shape index (κ1) is 32.2. The van der Waals surface area contributed by atoms with E-state index in [9.17, 15) is 9.59 Å². The molecule has 0 saturated heterocycles. The Morgan fingerprint density at radius 3 is 1.88 bits per heavy atom. The average molecular weight is 664 g/mol. The lowest BCUT2D eigenvalue weighted by Gasteiger charge is -2.19. The number of fused-ring (bicyclic) bond motifs is 4. The standard InChI is InChI=1S/C38H41N5O6/c1-22(6-7-23(2)39)25-12-27-18-40-31-16-35(33(46-3)14-29(31)37(44)42(27)20-25)48-10-5-11-49-36-17-32-30(15-34(36)47-4)38(45)43-21-26(24-8-9-24)13-28(43)19-41-32/h6-7,14-21,24,27-28H,5,8-13,39H2,1-4H3/b22-6+,23-7+/t27-,28-/m0/s1. The van der Waals surface area contributed by atoms with E-state index in [0.717, 1.165) is 23.3 Å². The molecular formula is C38H41N5O6. The van der Waals surface area contributed by atoms with Gasteiger partial charge in [-0.05, 0) is 74.0 Å². The van der Waals surface area contributed by atoms with Crippen molar-refractivity contribution in [2.45, 2.75) is 58.0 Å². The zero-order chi connectivity index (χ0) is 34.2. The van der Waals surface area contributed by atoms with Gasteiger partial charge in [0.05, 0.1) is 62.0 Å². The molecule has 2 N–H and O–H groups in total. The fourth-order valence-corrected chi connectivity index (χ4v) is 6.56. The van der Waals surface area contributed by atoms with Crippen molar-refractivity contribution in [3.05, 3.63) is 82.4 Å².